The summed E-state index contributed by atoms with van der Waals surface area (Å²) in [6.07, 6.45) is 2.46. The molecule has 0 rings (SSSR count). The highest BCUT2D eigenvalue weighted by molar-refractivity contribution is 5.70. The van der Waals surface area contributed by atoms with E-state index in [1.54, 1.807) is 0 Å². The summed E-state index contributed by atoms with van der Waals surface area (Å²) in [7, 11) is 0. The van der Waals surface area contributed by atoms with E-state index in [9.17, 15) is 4.79 Å². The lowest BCUT2D eigenvalue weighted by Crippen LogP contribution is -2.44. The monoisotopic (exact) mass is 245 g/mol. The second-order valence-corrected chi connectivity index (χ2v) is 4.29. The van der Waals surface area contributed by atoms with Gasteiger partial charge in [-0.05, 0) is 26.7 Å². The molecule has 0 heterocycles. The van der Waals surface area contributed by atoms with Gasteiger partial charge in [-0.1, -0.05) is 13.8 Å². The molecule has 1 N–H and O–H groups in total. The second-order valence-electron chi connectivity index (χ2n) is 4.29. The molecule has 17 heavy (non-hydrogen) atoms. The number of rotatable bonds is 9. The zero-order valence-corrected chi connectivity index (χ0v) is 11.6. The number of nitrogens with zero attached hydrogens (tertiary/aromatic N) is 1. The molecule has 0 spiro atoms. The van der Waals surface area contributed by atoms with Crippen LogP contribution in [0.1, 0.15) is 47.0 Å². The van der Waals surface area contributed by atoms with Crippen molar-refractivity contribution in [2.45, 2.75) is 59.0 Å². The summed E-state index contributed by atoms with van der Waals surface area (Å²) in [5.41, 5.74) is 0. The van der Waals surface area contributed by atoms with Crippen LogP contribution in [0.15, 0.2) is 0 Å². The number of hydrogen-bond donors (Lipinski definition) is 1. The molecule has 0 aromatic carbocycles. The topological polar surface area (TPSA) is 49.8 Å². The molecule has 0 radical (unpaired) electrons. The van der Waals surface area contributed by atoms with Crippen molar-refractivity contribution < 1.29 is 14.6 Å². The minimum Gasteiger partial charge on any atom is -0.466 e. The normalized spacial score (nSPS) is 13.1. The van der Waals surface area contributed by atoms with Gasteiger partial charge in [-0.25, -0.2) is 0 Å². The minimum absolute atomic E-state index is 0.117. The summed E-state index contributed by atoms with van der Waals surface area (Å²) in [5.74, 6) is -0.158. The predicted octanol–water partition coefficient (Wildman–Crippen LogP) is 1.81. The molecule has 0 bridgehead atoms. The van der Waals surface area contributed by atoms with Crippen molar-refractivity contribution in [1.29, 1.82) is 0 Å². The number of hydrogen-bond acceptors (Lipinski definition) is 4. The Morgan fingerprint density at radius 3 is 2.29 bits per heavy atom. The fraction of sp³-hybridized carbons (Fsp3) is 0.923. The average molecular weight is 245 g/mol. The maximum atomic E-state index is 11.5. The highest BCUT2D eigenvalue weighted by Crippen LogP contribution is 2.14. The Morgan fingerprint density at radius 2 is 1.88 bits per heavy atom. The van der Waals surface area contributed by atoms with Crippen LogP contribution in [0.3, 0.4) is 0 Å². The Labute approximate surface area is 105 Å². The predicted molar refractivity (Wildman–Crippen MR) is 68.9 cm³/mol. The van der Waals surface area contributed by atoms with Gasteiger partial charge in [0.1, 0.15) is 0 Å². The van der Waals surface area contributed by atoms with Crippen LogP contribution in [0.2, 0.25) is 0 Å². The smallest absolute Gasteiger partial charge is 0.307 e. The van der Waals surface area contributed by atoms with Crippen LogP contribution in [0.25, 0.3) is 0 Å². The van der Waals surface area contributed by atoms with Crippen LogP contribution in [-0.2, 0) is 9.53 Å². The maximum absolute atomic E-state index is 11.5. The van der Waals surface area contributed by atoms with E-state index >= 15 is 0 Å². The standard InChI is InChI=1S/C13H27NO3/c1-5-12(6-2)14(8-9-15)11(4)10-13(16)17-7-3/h11-12,15H,5-10H2,1-4H3. The first kappa shape index (κ1) is 16.4. The summed E-state index contributed by atoms with van der Waals surface area (Å²) in [4.78, 5) is 13.7. The van der Waals surface area contributed by atoms with Crippen LogP contribution < -0.4 is 0 Å². The lowest BCUT2D eigenvalue weighted by molar-refractivity contribution is -0.144. The van der Waals surface area contributed by atoms with Gasteiger partial charge in [-0.2, -0.15) is 0 Å². The van der Waals surface area contributed by atoms with E-state index in [2.05, 4.69) is 18.7 Å². The summed E-state index contributed by atoms with van der Waals surface area (Å²) in [5, 5.41) is 9.11. The molecule has 4 heteroatoms. The van der Waals surface area contributed by atoms with Gasteiger partial charge in [0.25, 0.3) is 0 Å². The van der Waals surface area contributed by atoms with Crippen molar-refractivity contribution in [1.82, 2.24) is 4.90 Å². The largest absolute Gasteiger partial charge is 0.466 e. The van der Waals surface area contributed by atoms with Gasteiger partial charge in [0.15, 0.2) is 0 Å². The van der Waals surface area contributed by atoms with Gasteiger partial charge in [0.2, 0.25) is 0 Å². The summed E-state index contributed by atoms with van der Waals surface area (Å²) >= 11 is 0. The average Bonchev–Trinajstić information content (AvgIpc) is 2.29. The van der Waals surface area contributed by atoms with Crippen LogP contribution >= 0.6 is 0 Å². The van der Waals surface area contributed by atoms with E-state index in [4.69, 9.17) is 9.84 Å². The zero-order valence-electron chi connectivity index (χ0n) is 11.6. The van der Waals surface area contributed by atoms with E-state index in [1.165, 1.54) is 0 Å². The molecule has 4 nitrogen and oxygen atoms in total. The van der Waals surface area contributed by atoms with Gasteiger partial charge < -0.3 is 9.84 Å². The third kappa shape index (κ3) is 6.03. The summed E-state index contributed by atoms with van der Waals surface area (Å²) < 4.78 is 4.96. The van der Waals surface area contributed by atoms with Crippen LogP contribution in [0.5, 0.6) is 0 Å². The Morgan fingerprint density at radius 1 is 1.29 bits per heavy atom. The molecule has 102 valence electrons. The van der Waals surface area contributed by atoms with E-state index in [1.807, 2.05) is 13.8 Å². The number of carbonyl (C=O) groups is 1. The molecule has 0 aromatic rings. The fourth-order valence-electron chi connectivity index (χ4n) is 2.21. The van der Waals surface area contributed by atoms with Gasteiger partial charge in [0, 0.05) is 18.6 Å². The molecule has 0 aliphatic carbocycles. The molecular weight excluding hydrogens is 218 g/mol. The van der Waals surface area contributed by atoms with Crippen LogP contribution in [0.4, 0.5) is 0 Å². The molecular formula is C13H27NO3. The molecule has 0 fully saturated rings. The zero-order chi connectivity index (χ0) is 13.3. The SMILES string of the molecule is CCOC(=O)CC(C)N(CCO)C(CC)CC. The van der Waals surface area contributed by atoms with Crippen molar-refractivity contribution in [2.24, 2.45) is 0 Å². The Balaban J connectivity index is 4.41. The number of aliphatic hydroxyl groups excluding tert-OH is 1. The third-order valence-electron chi connectivity index (χ3n) is 3.10. The summed E-state index contributed by atoms with van der Waals surface area (Å²) in [6.45, 7) is 9.28. The van der Waals surface area contributed by atoms with Crippen LogP contribution in [-0.4, -0.2) is 47.8 Å². The number of aliphatic hydroxyl groups is 1. The molecule has 1 unspecified atom stereocenters. The Hall–Kier alpha value is -0.610. The highest BCUT2D eigenvalue weighted by atomic mass is 16.5. The van der Waals surface area contributed by atoms with Gasteiger partial charge in [-0.15, -0.1) is 0 Å². The molecule has 0 amide bonds. The molecule has 0 aliphatic rings. The van der Waals surface area contributed by atoms with E-state index < -0.39 is 0 Å². The van der Waals surface area contributed by atoms with Gasteiger partial charge in [0.05, 0.1) is 19.6 Å². The number of carbonyl (C=O) groups excluding carboxylic acids is 1. The lowest BCUT2D eigenvalue weighted by atomic mass is 10.1. The van der Waals surface area contributed by atoms with Crippen molar-refractivity contribution in [3.8, 4) is 0 Å². The maximum Gasteiger partial charge on any atom is 0.307 e. The minimum atomic E-state index is -0.158. The van der Waals surface area contributed by atoms with Crippen LogP contribution in [0, 0.1) is 0 Å². The quantitative estimate of drug-likeness (QED) is 0.629. The molecule has 0 saturated carbocycles. The number of ether oxygens (including phenoxy) is 1. The molecule has 1 atom stereocenters. The lowest BCUT2D eigenvalue weighted by Gasteiger charge is -2.34. The molecule has 0 aromatic heterocycles. The van der Waals surface area contributed by atoms with Crippen molar-refractivity contribution in [3.63, 3.8) is 0 Å². The summed E-state index contributed by atoms with van der Waals surface area (Å²) in [6, 6.07) is 0.540. The third-order valence-corrected chi connectivity index (χ3v) is 3.10. The van der Waals surface area contributed by atoms with Crippen molar-refractivity contribution in [3.05, 3.63) is 0 Å². The first-order chi connectivity index (χ1) is 8.10. The first-order valence-corrected chi connectivity index (χ1v) is 6.62. The van der Waals surface area contributed by atoms with E-state index in [0.717, 1.165) is 12.8 Å². The Kier molecular flexibility index (Phi) is 9.09. The first-order valence-electron chi connectivity index (χ1n) is 6.62. The van der Waals surface area contributed by atoms with Crippen molar-refractivity contribution in [2.75, 3.05) is 19.8 Å². The van der Waals surface area contributed by atoms with Crippen molar-refractivity contribution >= 4 is 5.97 Å². The molecule has 0 aliphatic heterocycles. The fourth-order valence-corrected chi connectivity index (χ4v) is 2.21. The number of esters is 1. The van der Waals surface area contributed by atoms with E-state index in [-0.39, 0.29) is 18.6 Å². The Bertz CT molecular complexity index is 205. The molecule has 0 saturated heterocycles. The highest BCUT2D eigenvalue weighted by Gasteiger charge is 2.22. The second kappa shape index (κ2) is 9.42. The van der Waals surface area contributed by atoms with Gasteiger partial charge in [-0.3, -0.25) is 9.69 Å². The van der Waals surface area contributed by atoms with E-state index in [0.29, 0.717) is 25.6 Å². The van der Waals surface area contributed by atoms with Gasteiger partial charge >= 0.3 is 5.97 Å².